The molecule has 0 spiro atoms. The van der Waals surface area contributed by atoms with Crippen LogP contribution in [0.15, 0.2) is 12.3 Å². The van der Waals surface area contributed by atoms with Gasteiger partial charge >= 0.3 is 11.7 Å². The van der Waals surface area contributed by atoms with Gasteiger partial charge in [0.2, 0.25) is 5.82 Å². The van der Waals surface area contributed by atoms with Gasteiger partial charge in [-0.3, -0.25) is 10.1 Å². The first-order valence-electron chi connectivity index (χ1n) is 6.27. The van der Waals surface area contributed by atoms with Crippen molar-refractivity contribution in [3.8, 4) is 0 Å². The summed E-state index contributed by atoms with van der Waals surface area (Å²) in [5, 5.41) is 11.3. The molecule has 8 heteroatoms. The van der Waals surface area contributed by atoms with Gasteiger partial charge in [-0.2, -0.15) is 0 Å². The molecular weight excluding hydrogens is 286 g/mol. The van der Waals surface area contributed by atoms with E-state index in [0.29, 0.717) is 13.0 Å². The smallest absolute Gasteiger partial charge is 0.328 e. The molecular formula is C12H14ClN3O4. The average Bonchev–Trinajstić information content (AvgIpc) is 2.88. The fourth-order valence-electron chi connectivity index (χ4n) is 2.28. The lowest BCUT2D eigenvalue weighted by molar-refractivity contribution is -0.384. The van der Waals surface area contributed by atoms with Crippen LogP contribution in [0.3, 0.4) is 0 Å². The molecule has 2 heterocycles. The van der Waals surface area contributed by atoms with Gasteiger partial charge in [0.05, 0.1) is 16.6 Å². The number of anilines is 1. The molecule has 0 saturated carbocycles. The maximum atomic E-state index is 11.9. The number of ether oxygens (including phenoxy) is 1. The minimum absolute atomic E-state index is 0.162. The van der Waals surface area contributed by atoms with Crippen molar-refractivity contribution in [2.75, 3.05) is 18.1 Å². The first-order chi connectivity index (χ1) is 9.54. The zero-order chi connectivity index (χ0) is 14.7. The van der Waals surface area contributed by atoms with Crippen molar-refractivity contribution < 1.29 is 14.5 Å². The molecule has 108 valence electrons. The molecule has 0 aromatic carbocycles. The van der Waals surface area contributed by atoms with Crippen LogP contribution in [0.2, 0.25) is 5.02 Å². The normalized spacial score (nSPS) is 18.1. The molecule has 20 heavy (non-hydrogen) atoms. The topological polar surface area (TPSA) is 85.6 Å². The number of halogens is 1. The van der Waals surface area contributed by atoms with Crippen molar-refractivity contribution in [1.29, 1.82) is 0 Å². The number of carbonyl (C=O) groups excluding carboxylic acids is 1. The molecule has 0 aliphatic carbocycles. The van der Waals surface area contributed by atoms with E-state index in [1.165, 1.54) is 12.3 Å². The summed E-state index contributed by atoms with van der Waals surface area (Å²) in [5.74, 6) is -0.217. The molecule has 1 aliphatic heterocycles. The van der Waals surface area contributed by atoms with Crippen molar-refractivity contribution >= 4 is 29.1 Å². The highest BCUT2D eigenvalue weighted by atomic mass is 35.5. The third-order valence-electron chi connectivity index (χ3n) is 3.09. The number of pyridine rings is 1. The van der Waals surface area contributed by atoms with E-state index in [-0.39, 0.29) is 29.1 Å². The Bertz CT molecular complexity index is 537. The number of esters is 1. The second-order valence-corrected chi connectivity index (χ2v) is 4.79. The Morgan fingerprint density at radius 2 is 2.45 bits per heavy atom. The minimum Gasteiger partial charge on any atom is -0.464 e. The van der Waals surface area contributed by atoms with Crippen LogP contribution in [0.5, 0.6) is 0 Å². The van der Waals surface area contributed by atoms with Crippen LogP contribution in [0.25, 0.3) is 0 Å². The highest BCUT2D eigenvalue weighted by Gasteiger charge is 2.36. The first kappa shape index (κ1) is 14.5. The lowest BCUT2D eigenvalue weighted by Gasteiger charge is -2.23. The van der Waals surface area contributed by atoms with E-state index in [4.69, 9.17) is 16.3 Å². The number of nitrogens with zero attached hydrogens (tertiary/aromatic N) is 3. The van der Waals surface area contributed by atoms with Crippen LogP contribution in [0.4, 0.5) is 11.5 Å². The van der Waals surface area contributed by atoms with Crippen molar-refractivity contribution in [1.82, 2.24) is 4.98 Å². The summed E-state index contributed by atoms with van der Waals surface area (Å²) in [4.78, 5) is 28.1. The van der Waals surface area contributed by atoms with Crippen LogP contribution < -0.4 is 4.90 Å². The van der Waals surface area contributed by atoms with Crippen LogP contribution >= 0.6 is 11.6 Å². The Hall–Kier alpha value is -1.89. The molecule has 0 unspecified atom stereocenters. The zero-order valence-corrected chi connectivity index (χ0v) is 11.7. The summed E-state index contributed by atoms with van der Waals surface area (Å²) in [7, 11) is 0. The fraction of sp³-hybridized carbons (Fsp3) is 0.500. The molecule has 1 fully saturated rings. The molecule has 1 aliphatic rings. The molecule has 0 bridgehead atoms. The van der Waals surface area contributed by atoms with Gasteiger partial charge in [-0.15, -0.1) is 0 Å². The SMILES string of the molecule is CCOC(=O)[C@@H]1CCCN1c1ncc(Cl)cc1[N+](=O)[O-]. The summed E-state index contributed by atoms with van der Waals surface area (Å²) in [5.41, 5.74) is -0.200. The standard InChI is InChI=1S/C12H14ClN3O4/c1-2-20-12(17)9-4-3-5-15(9)11-10(16(18)19)6-8(13)7-14-11/h6-7,9H,2-5H2,1H3/t9-/m0/s1. The van der Waals surface area contributed by atoms with Crippen molar-refractivity contribution in [3.05, 3.63) is 27.4 Å². The van der Waals surface area contributed by atoms with Gasteiger partial charge in [0.1, 0.15) is 6.04 Å². The van der Waals surface area contributed by atoms with Crippen LogP contribution in [-0.4, -0.2) is 35.1 Å². The molecule has 7 nitrogen and oxygen atoms in total. The van der Waals surface area contributed by atoms with E-state index in [2.05, 4.69) is 4.98 Å². The van der Waals surface area contributed by atoms with Crippen molar-refractivity contribution in [2.45, 2.75) is 25.8 Å². The predicted octanol–water partition coefficient (Wildman–Crippen LogP) is 2.18. The van der Waals surface area contributed by atoms with Gasteiger partial charge < -0.3 is 9.64 Å². The van der Waals surface area contributed by atoms with E-state index >= 15 is 0 Å². The summed E-state index contributed by atoms with van der Waals surface area (Å²) in [6.07, 6.45) is 2.69. The summed E-state index contributed by atoms with van der Waals surface area (Å²) in [6.45, 7) is 2.53. The fourth-order valence-corrected chi connectivity index (χ4v) is 2.43. The van der Waals surface area contributed by atoms with Gasteiger partial charge in [0, 0.05) is 18.8 Å². The lowest BCUT2D eigenvalue weighted by Crippen LogP contribution is -2.38. The quantitative estimate of drug-likeness (QED) is 0.481. The van der Waals surface area contributed by atoms with Gasteiger partial charge in [-0.05, 0) is 19.8 Å². The van der Waals surface area contributed by atoms with Crippen LogP contribution in [-0.2, 0) is 9.53 Å². The Labute approximate surface area is 120 Å². The van der Waals surface area contributed by atoms with Gasteiger partial charge in [-0.1, -0.05) is 11.6 Å². The maximum Gasteiger partial charge on any atom is 0.328 e. The van der Waals surface area contributed by atoms with Crippen molar-refractivity contribution in [2.24, 2.45) is 0 Å². The lowest BCUT2D eigenvalue weighted by atomic mass is 10.2. The minimum atomic E-state index is -0.547. The van der Waals surface area contributed by atoms with Crippen LogP contribution in [0, 0.1) is 10.1 Å². The molecule has 1 atom stereocenters. The number of hydrogen-bond acceptors (Lipinski definition) is 6. The Morgan fingerprint density at radius 1 is 1.70 bits per heavy atom. The number of rotatable bonds is 4. The first-order valence-corrected chi connectivity index (χ1v) is 6.65. The number of carbonyl (C=O) groups is 1. The third-order valence-corrected chi connectivity index (χ3v) is 3.30. The summed E-state index contributed by atoms with van der Waals surface area (Å²) < 4.78 is 5.00. The molecule has 1 aromatic heterocycles. The Morgan fingerprint density at radius 3 is 3.10 bits per heavy atom. The molecule has 0 N–H and O–H groups in total. The second-order valence-electron chi connectivity index (χ2n) is 4.36. The average molecular weight is 300 g/mol. The Kier molecular flexibility index (Phi) is 4.39. The van der Waals surface area contributed by atoms with E-state index in [1.807, 2.05) is 0 Å². The van der Waals surface area contributed by atoms with E-state index in [9.17, 15) is 14.9 Å². The highest BCUT2D eigenvalue weighted by molar-refractivity contribution is 6.30. The molecule has 0 amide bonds. The summed E-state index contributed by atoms with van der Waals surface area (Å²) >= 11 is 5.74. The number of hydrogen-bond donors (Lipinski definition) is 0. The van der Waals surface area contributed by atoms with Gasteiger partial charge in [0.15, 0.2) is 0 Å². The van der Waals surface area contributed by atoms with E-state index in [1.54, 1.807) is 11.8 Å². The highest BCUT2D eigenvalue weighted by Crippen LogP contribution is 2.33. The summed E-state index contributed by atoms with van der Waals surface area (Å²) in [6, 6.07) is 0.715. The van der Waals surface area contributed by atoms with Gasteiger partial charge in [0.25, 0.3) is 0 Å². The van der Waals surface area contributed by atoms with Crippen LogP contribution in [0.1, 0.15) is 19.8 Å². The van der Waals surface area contributed by atoms with E-state index < -0.39 is 11.0 Å². The molecule has 1 saturated heterocycles. The van der Waals surface area contributed by atoms with Crippen molar-refractivity contribution in [3.63, 3.8) is 0 Å². The molecule has 1 aromatic rings. The molecule has 2 rings (SSSR count). The largest absolute Gasteiger partial charge is 0.464 e. The van der Waals surface area contributed by atoms with Gasteiger partial charge in [-0.25, -0.2) is 9.78 Å². The zero-order valence-electron chi connectivity index (χ0n) is 10.9. The molecule has 0 radical (unpaired) electrons. The Balaban J connectivity index is 2.35. The van der Waals surface area contributed by atoms with E-state index in [0.717, 1.165) is 6.42 Å². The second kappa shape index (κ2) is 6.04. The third kappa shape index (κ3) is 2.82. The number of aromatic nitrogens is 1. The monoisotopic (exact) mass is 299 g/mol. The predicted molar refractivity (Wildman–Crippen MR) is 72.9 cm³/mol. The number of nitro groups is 1. The maximum absolute atomic E-state index is 11.9.